The maximum absolute atomic E-state index is 12.3. The van der Waals surface area contributed by atoms with Gasteiger partial charge in [0.2, 0.25) is 0 Å². The van der Waals surface area contributed by atoms with Crippen LogP contribution in [0, 0.1) is 12.3 Å². The third-order valence-corrected chi connectivity index (χ3v) is 3.20. The Balaban J connectivity index is 2.14. The molecule has 0 spiro atoms. The van der Waals surface area contributed by atoms with Gasteiger partial charge >= 0.3 is 0 Å². The SMILES string of the molecule is Cc1cccc(NC(=O)c2cccc(CC(C)(C)C)c2)c1. The smallest absolute Gasteiger partial charge is 0.255 e. The van der Waals surface area contributed by atoms with Crippen molar-refractivity contribution in [3.8, 4) is 0 Å². The van der Waals surface area contributed by atoms with E-state index in [9.17, 15) is 4.79 Å². The summed E-state index contributed by atoms with van der Waals surface area (Å²) in [5.74, 6) is -0.0589. The third-order valence-electron chi connectivity index (χ3n) is 3.20. The Morgan fingerprint density at radius 2 is 1.76 bits per heavy atom. The molecule has 2 aromatic carbocycles. The van der Waals surface area contributed by atoms with E-state index in [1.165, 1.54) is 5.56 Å². The molecule has 2 aromatic rings. The Labute approximate surface area is 127 Å². The lowest BCUT2D eigenvalue weighted by Crippen LogP contribution is -2.13. The van der Waals surface area contributed by atoms with Gasteiger partial charge in [-0.1, -0.05) is 45.0 Å². The molecular formula is C19H23NO. The molecule has 0 radical (unpaired) electrons. The van der Waals surface area contributed by atoms with E-state index >= 15 is 0 Å². The summed E-state index contributed by atoms with van der Waals surface area (Å²) in [4.78, 5) is 12.3. The van der Waals surface area contributed by atoms with E-state index in [1.54, 1.807) is 0 Å². The minimum atomic E-state index is -0.0589. The van der Waals surface area contributed by atoms with Crippen LogP contribution in [0.4, 0.5) is 5.69 Å². The molecule has 0 bridgehead atoms. The lowest BCUT2D eigenvalue weighted by Gasteiger charge is -2.18. The number of nitrogens with one attached hydrogen (secondary N) is 1. The summed E-state index contributed by atoms with van der Waals surface area (Å²) >= 11 is 0. The largest absolute Gasteiger partial charge is 0.322 e. The van der Waals surface area contributed by atoms with E-state index in [-0.39, 0.29) is 11.3 Å². The van der Waals surface area contributed by atoms with E-state index in [0.717, 1.165) is 17.7 Å². The maximum Gasteiger partial charge on any atom is 0.255 e. The normalized spacial score (nSPS) is 11.2. The van der Waals surface area contributed by atoms with Crippen molar-refractivity contribution >= 4 is 11.6 Å². The van der Waals surface area contributed by atoms with Crippen molar-refractivity contribution in [2.45, 2.75) is 34.1 Å². The van der Waals surface area contributed by atoms with Gasteiger partial charge in [0, 0.05) is 11.3 Å². The molecule has 1 N–H and O–H groups in total. The Hall–Kier alpha value is -2.09. The van der Waals surface area contributed by atoms with Crippen molar-refractivity contribution in [1.29, 1.82) is 0 Å². The van der Waals surface area contributed by atoms with Gasteiger partial charge in [-0.15, -0.1) is 0 Å². The summed E-state index contributed by atoms with van der Waals surface area (Å²) in [6.07, 6.45) is 0.957. The van der Waals surface area contributed by atoms with Crippen molar-refractivity contribution in [2.75, 3.05) is 5.32 Å². The standard InChI is InChI=1S/C19H23NO/c1-14-7-5-10-17(11-14)20-18(21)16-9-6-8-15(12-16)13-19(2,3)4/h5-12H,13H2,1-4H3,(H,20,21). The highest BCUT2D eigenvalue weighted by Gasteiger charge is 2.13. The maximum atomic E-state index is 12.3. The highest BCUT2D eigenvalue weighted by Crippen LogP contribution is 2.21. The first-order valence-corrected chi connectivity index (χ1v) is 7.30. The zero-order chi connectivity index (χ0) is 15.5. The van der Waals surface area contributed by atoms with Crippen LogP contribution in [0.5, 0.6) is 0 Å². The fraction of sp³-hybridized carbons (Fsp3) is 0.316. The Morgan fingerprint density at radius 3 is 2.43 bits per heavy atom. The first-order chi connectivity index (χ1) is 9.83. The second-order valence-corrected chi connectivity index (χ2v) is 6.76. The minimum Gasteiger partial charge on any atom is -0.322 e. The van der Waals surface area contributed by atoms with Gasteiger partial charge in [0.15, 0.2) is 0 Å². The van der Waals surface area contributed by atoms with Crippen molar-refractivity contribution < 1.29 is 4.79 Å². The molecular weight excluding hydrogens is 258 g/mol. The highest BCUT2D eigenvalue weighted by molar-refractivity contribution is 6.04. The van der Waals surface area contributed by atoms with Crippen LogP contribution in [-0.4, -0.2) is 5.91 Å². The minimum absolute atomic E-state index is 0.0589. The molecule has 0 aromatic heterocycles. The lowest BCUT2D eigenvalue weighted by molar-refractivity contribution is 0.102. The molecule has 0 aliphatic rings. The van der Waals surface area contributed by atoms with Crippen LogP contribution in [0.25, 0.3) is 0 Å². The first kappa shape index (κ1) is 15.3. The van der Waals surface area contributed by atoms with Crippen LogP contribution in [0.15, 0.2) is 48.5 Å². The number of hydrogen-bond donors (Lipinski definition) is 1. The molecule has 2 nitrogen and oxygen atoms in total. The number of rotatable bonds is 3. The van der Waals surface area contributed by atoms with Crippen LogP contribution >= 0.6 is 0 Å². The van der Waals surface area contributed by atoms with Crippen molar-refractivity contribution in [2.24, 2.45) is 5.41 Å². The van der Waals surface area contributed by atoms with Gasteiger partial charge in [-0.3, -0.25) is 4.79 Å². The van der Waals surface area contributed by atoms with E-state index in [2.05, 4.69) is 32.2 Å². The molecule has 2 heteroatoms. The molecule has 1 amide bonds. The number of benzene rings is 2. The monoisotopic (exact) mass is 281 g/mol. The topological polar surface area (TPSA) is 29.1 Å². The quantitative estimate of drug-likeness (QED) is 0.857. The van der Waals surface area contributed by atoms with Crippen molar-refractivity contribution in [3.05, 3.63) is 65.2 Å². The van der Waals surface area contributed by atoms with Crippen LogP contribution in [-0.2, 0) is 6.42 Å². The van der Waals surface area contributed by atoms with Crippen LogP contribution in [0.3, 0.4) is 0 Å². The van der Waals surface area contributed by atoms with Crippen molar-refractivity contribution in [1.82, 2.24) is 0 Å². The molecule has 0 aliphatic heterocycles. The van der Waals surface area contributed by atoms with Gasteiger partial charge in [0.05, 0.1) is 0 Å². The van der Waals surface area contributed by atoms with E-state index in [0.29, 0.717) is 5.56 Å². The predicted molar refractivity (Wildman–Crippen MR) is 88.7 cm³/mol. The van der Waals surface area contributed by atoms with E-state index in [1.807, 2.05) is 49.4 Å². The van der Waals surface area contributed by atoms with E-state index < -0.39 is 0 Å². The summed E-state index contributed by atoms with van der Waals surface area (Å²) in [5, 5.41) is 2.95. The molecule has 0 unspecified atom stereocenters. The van der Waals surface area contributed by atoms with Gasteiger partial charge in [-0.2, -0.15) is 0 Å². The number of hydrogen-bond acceptors (Lipinski definition) is 1. The molecule has 2 rings (SSSR count). The molecule has 0 atom stereocenters. The van der Waals surface area contributed by atoms with Gasteiger partial charge in [-0.25, -0.2) is 0 Å². The Morgan fingerprint density at radius 1 is 1.05 bits per heavy atom. The van der Waals surface area contributed by atoms with Gasteiger partial charge in [0.1, 0.15) is 0 Å². The molecule has 0 heterocycles. The molecule has 21 heavy (non-hydrogen) atoms. The van der Waals surface area contributed by atoms with Crippen LogP contribution < -0.4 is 5.32 Å². The highest BCUT2D eigenvalue weighted by atomic mass is 16.1. The summed E-state index contributed by atoms with van der Waals surface area (Å²) in [6, 6.07) is 15.7. The second kappa shape index (κ2) is 6.13. The van der Waals surface area contributed by atoms with Crippen LogP contribution in [0.2, 0.25) is 0 Å². The average Bonchev–Trinajstić information content (AvgIpc) is 2.37. The fourth-order valence-corrected chi connectivity index (χ4v) is 2.36. The zero-order valence-electron chi connectivity index (χ0n) is 13.2. The summed E-state index contributed by atoms with van der Waals surface area (Å²) < 4.78 is 0. The molecule has 0 saturated heterocycles. The van der Waals surface area contributed by atoms with Crippen molar-refractivity contribution in [3.63, 3.8) is 0 Å². The summed E-state index contributed by atoms with van der Waals surface area (Å²) in [6.45, 7) is 8.62. The van der Waals surface area contributed by atoms with E-state index in [4.69, 9.17) is 0 Å². The summed E-state index contributed by atoms with van der Waals surface area (Å²) in [5.41, 5.74) is 4.08. The third kappa shape index (κ3) is 4.75. The molecule has 0 saturated carbocycles. The Bertz CT molecular complexity index is 638. The zero-order valence-corrected chi connectivity index (χ0v) is 13.2. The average molecular weight is 281 g/mol. The molecule has 0 aliphatic carbocycles. The molecule has 110 valence electrons. The lowest BCUT2D eigenvalue weighted by atomic mass is 9.87. The number of amides is 1. The number of carbonyl (C=O) groups excluding carboxylic acids is 1. The van der Waals surface area contributed by atoms with Gasteiger partial charge in [-0.05, 0) is 54.2 Å². The second-order valence-electron chi connectivity index (χ2n) is 6.76. The van der Waals surface area contributed by atoms with Crippen LogP contribution in [0.1, 0.15) is 42.3 Å². The number of aryl methyl sites for hydroxylation is 1. The first-order valence-electron chi connectivity index (χ1n) is 7.30. The molecule has 0 fully saturated rings. The predicted octanol–water partition coefficient (Wildman–Crippen LogP) is 4.84. The number of anilines is 1. The number of carbonyl (C=O) groups is 1. The Kier molecular flexibility index (Phi) is 4.46. The van der Waals surface area contributed by atoms with Gasteiger partial charge in [0.25, 0.3) is 5.91 Å². The summed E-state index contributed by atoms with van der Waals surface area (Å²) in [7, 11) is 0. The fourth-order valence-electron chi connectivity index (χ4n) is 2.36. The van der Waals surface area contributed by atoms with Gasteiger partial charge < -0.3 is 5.32 Å².